The first-order chi connectivity index (χ1) is 19.5. The summed E-state index contributed by atoms with van der Waals surface area (Å²) in [5.41, 5.74) is 0.0866. The molecule has 2 heterocycles. The Bertz CT molecular complexity index is 1090. The number of amides is 2. The summed E-state index contributed by atoms with van der Waals surface area (Å²) in [6.07, 6.45) is 10.8. The number of carbonyl (C=O) groups is 2. The number of rotatable bonds is 16. The molecule has 0 saturated carbocycles. The summed E-state index contributed by atoms with van der Waals surface area (Å²) >= 11 is 0. The zero-order valence-corrected chi connectivity index (χ0v) is 25.6. The zero-order valence-electron chi connectivity index (χ0n) is 25.6. The minimum atomic E-state index is -0.819. The molecule has 9 nitrogen and oxygen atoms in total. The molecule has 3 atom stereocenters. The first kappa shape index (κ1) is 32.7. The Morgan fingerprint density at radius 1 is 0.976 bits per heavy atom. The summed E-state index contributed by atoms with van der Waals surface area (Å²) in [6, 6.07) is 8.82. The lowest BCUT2D eigenvalue weighted by Gasteiger charge is -2.36. The minimum absolute atomic E-state index is 0.156. The van der Waals surface area contributed by atoms with Gasteiger partial charge in [-0.2, -0.15) is 0 Å². The second-order valence-corrected chi connectivity index (χ2v) is 12.2. The number of benzene rings is 1. The van der Waals surface area contributed by atoms with Crippen molar-refractivity contribution in [1.82, 2.24) is 25.9 Å². The molecule has 1 aromatic carbocycles. The van der Waals surface area contributed by atoms with Gasteiger partial charge in [0.1, 0.15) is 11.7 Å². The van der Waals surface area contributed by atoms with Crippen molar-refractivity contribution in [3.63, 3.8) is 0 Å². The summed E-state index contributed by atoms with van der Waals surface area (Å²) in [4.78, 5) is 34.9. The van der Waals surface area contributed by atoms with Gasteiger partial charge in [-0.25, -0.2) is 4.98 Å². The van der Waals surface area contributed by atoms with Gasteiger partial charge in [0.05, 0.1) is 23.3 Å². The fraction of sp³-hybridized carbons (Fsp3) is 0.613. The highest BCUT2D eigenvalue weighted by Crippen LogP contribution is 2.42. The number of aromatic nitrogens is 2. The summed E-state index contributed by atoms with van der Waals surface area (Å²) in [6.45, 7) is 11.5. The number of nitrogens with zero attached hydrogens (tertiary/aromatic N) is 2. The van der Waals surface area contributed by atoms with Gasteiger partial charge in [0.2, 0.25) is 5.91 Å². The molecule has 224 valence electrons. The predicted molar refractivity (Wildman–Crippen MR) is 162 cm³/mol. The SMILES string of the molecule is CNCCCCCCC1(C)OB(C(CC(C)C)NC(=O)[C@H](Cc2ccccc2)NC(=O)c2cnccn2)OC1(C)C. The van der Waals surface area contributed by atoms with Gasteiger partial charge in [0, 0.05) is 18.8 Å². The summed E-state index contributed by atoms with van der Waals surface area (Å²) in [7, 11) is 1.38. The highest BCUT2D eigenvalue weighted by Gasteiger charge is 2.56. The Morgan fingerprint density at radius 3 is 2.37 bits per heavy atom. The third kappa shape index (κ3) is 9.62. The maximum absolute atomic E-state index is 13.8. The smallest absolute Gasteiger partial charge is 0.402 e. The van der Waals surface area contributed by atoms with Crippen LogP contribution < -0.4 is 16.0 Å². The van der Waals surface area contributed by atoms with E-state index in [-0.39, 0.29) is 23.5 Å². The number of hydrogen-bond donors (Lipinski definition) is 3. The van der Waals surface area contributed by atoms with Crippen LogP contribution in [-0.4, -0.2) is 65.7 Å². The van der Waals surface area contributed by atoms with Gasteiger partial charge >= 0.3 is 7.12 Å². The van der Waals surface area contributed by atoms with Crippen LogP contribution in [0.4, 0.5) is 0 Å². The zero-order chi connectivity index (χ0) is 29.9. The molecule has 2 unspecified atom stereocenters. The van der Waals surface area contributed by atoms with Crippen LogP contribution in [0, 0.1) is 5.92 Å². The van der Waals surface area contributed by atoms with Crippen molar-refractivity contribution in [1.29, 1.82) is 0 Å². The largest absolute Gasteiger partial charge is 0.481 e. The average Bonchev–Trinajstić information content (AvgIpc) is 3.18. The van der Waals surface area contributed by atoms with Crippen molar-refractivity contribution < 1.29 is 18.9 Å². The molecular formula is C31H48BN5O4. The molecule has 3 rings (SSSR count). The van der Waals surface area contributed by atoms with Gasteiger partial charge in [0.25, 0.3) is 5.91 Å². The van der Waals surface area contributed by atoms with Crippen LogP contribution in [0.5, 0.6) is 0 Å². The lowest BCUT2D eigenvalue weighted by Crippen LogP contribution is -2.55. The topological polar surface area (TPSA) is 114 Å². The van der Waals surface area contributed by atoms with Crippen molar-refractivity contribution in [2.75, 3.05) is 13.6 Å². The molecule has 2 aromatic rings. The number of carbonyl (C=O) groups excluding carboxylic acids is 2. The van der Waals surface area contributed by atoms with Crippen LogP contribution in [-0.2, 0) is 20.5 Å². The predicted octanol–water partition coefficient (Wildman–Crippen LogP) is 4.13. The van der Waals surface area contributed by atoms with Crippen LogP contribution in [0.1, 0.15) is 89.2 Å². The maximum atomic E-state index is 13.8. The normalized spacial score (nSPS) is 19.6. The monoisotopic (exact) mass is 565 g/mol. The fourth-order valence-electron chi connectivity index (χ4n) is 5.22. The molecule has 10 heteroatoms. The van der Waals surface area contributed by atoms with Gasteiger partial charge in [0.15, 0.2) is 0 Å². The van der Waals surface area contributed by atoms with Gasteiger partial charge in [-0.15, -0.1) is 0 Å². The molecule has 0 radical (unpaired) electrons. The van der Waals surface area contributed by atoms with E-state index in [0.29, 0.717) is 12.8 Å². The minimum Gasteiger partial charge on any atom is -0.402 e. The Balaban J connectivity index is 1.74. The third-order valence-corrected chi connectivity index (χ3v) is 7.97. The van der Waals surface area contributed by atoms with Gasteiger partial charge in [-0.05, 0) is 65.1 Å². The molecule has 0 aliphatic carbocycles. The Morgan fingerprint density at radius 2 is 1.71 bits per heavy atom. The molecule has 1 aliphatic rings. The summed E-state index contributed by atoms with van der Waals surface area (Å²) in [5.74, 6) is -0.839. The highest BCUT2D eigenvalue weighted by atomic mass is 16.7. The van der Waals surface area contributed by atoms with Crippen molar-refractivity contribution in [3.8, 4) is 0 Å². The van der Waals surface area contributed by atoms with E-state index in [1.165, 1.54) is 25.0 Å². The van der Waals surface area contributed by atoms with Crippen LogP contribution in [0.25, 0.3) is 0 Å². The van der Waals surface area contributed by atoms with E-state index < -0.39 is 30.3 Å². The molecule has 1 aromatic heterocycles. The fourth-order valence-corrected chi connectivity index (χ4v) is 5.22. The van der Waals surface area contributed by atoms with Crippen molar-refractivity contribution in [2.24, 2.45) is 5.92 Å². The maximum Gasteiger partial charge on any atom is 0.481 e. The van der Waals surface area contributed by atoms with Crippen LogP contribution >= 0.6 is 0 Å². The number of nitrogens with one attached hydrogen (secondary N) is 3. The number of unbranched alkanes of at least 4 members (excludes halogenated alkanes) is 3. The summed E-state index contributed by atoms with van der Waals surface area (Å²) < 4.78 is 13.2. The van der Waals surface area contributed by atoms with Crippen molar-refractivity contribution in [3.05, 3.63) is 60.2 Å². The van der Waals surface area contributed by atoms with Crippen molar-refractivity contribution >= 4 is 18.9 Å². The molecule has 0 bridgehead atoms. The molecular weight excluding hydrogens is 517 g/mol. The van der Waals surface area contributed by atoms with Gasteiger partial charge < -0.3 is 25.3 Å². The van der Waals surface area contributed by atoms with E-state index in [4.69, 9.17) is 9.31 Å². The van der Waals surface area contributed by atoms with E-state index in [1.807, 2.05) is 37.4 Å². The van der Waals surface area contributed by atoms with Gasteiger partial charge in [-0.1, -0.05) is 63.4 Å². The van der Waals surface area contributed by atoms with E-state index in [9.17, 15) is 9.59 Å². The third-order valence-electron chi connectivity index (χ3n) is 7.97. The first-order valence-electron chi connectivity index (χ1n) is 15.0. The molecule has 2 amide bonds. The second-order valence-electron chi connectivity index (χ2n) is 12.2. The first-order valence-corrected chi connectivity index (χ1v) is 15.0. The Hall–Kier alpha value is -2.82. The lowest BCUT2D eigenvalue weighted by molar-refractivity contribution is -0.123. The van der Waals surface area contributed by atoms with Crippen LogP contribution in [0.15, 0.2) is 48.9 Å². The number of hydrogen-bond acceptors (Lipinski definition) is 7. The second kappa shape index (κ2) is 15.4. The Labute approximate surface area is 246 Å². The Kier molecular flexibility index (Phi) is 12.3. The molecule has 41 heavy (non-hydrogen) atoms. The molecule has 1 fully saturated rings. The van der Waals surface area contributed by atoms with E-state index in [0.717, 1.165) is 37.8 Å². The average molecular weight is 566 g/mol. The van der Waals surface area contributed by atoms with Crippen molar-refractivity contribution in [2.45, 2.75) is 103 Å². The van der Waals surface area contributed by atoms with Gasteiger partial charge in [-0.3, -0.25) is 14.6 Å². The molecule has 0 spiro atoms. The highest BCUT2D eigenvalue weighted by molar-refractivity contribution is 6.48. The molecule has 3 N–H and O–H groups in total. The van der Waals surface area contributed by atoms with Crippen LogP contribution in [0.2, 0.25) is 0 Å². The summed E-state index contributed by atoms with van der Waals surface area (Å²) in [5, 5.41) is 9.26. The molecule has 1 aliphatic heterocycles. The standard InChI is InChI=1S/C31H48BN5O4/c1-23(2)20-27(32-40-30(3,4)31(5,41-32)16-12-7-8-13-17-33-6)37-28(38)25(21-24-14-10-9-11-15-24)36-29(39)26-22-34-18-19-35-26/h9-11,14-15,18-19,22-23,25,27,33H,7-8,12-13,16-17,20-21H2,1-6H3,(H,36,39)(H,37,38)/t25-,27?,31?/m0/s1. The van der Waals surface area contributed by atoms with Crippen LogP contribution in [0.3, 0.4) is 0 Å². The van der Waals surface area contributed by atoms with E-state index in [2.05, 4.69) is 60.5 Å². The quantitative estimate of drug-likeness (QED) is 0.207. The molecule has 1 saturated heterocycles. The lowest BCUT2D eigenvalue weighted by atomic mass is 9.73. The van der Waals surface area contributed by atoms with E-state index >= 15 is 0 Å². The van der Waals surface area contributed by atoms with E-state index in [1.54, 1.807) is 0 Å².